The molecule has 0 fully saturated rings. The smallest absolute Gasteiger partial charge is 0.0497 e. The number of alkyl halides is 1. The number of aryl methyl sites for hydroxylation is 1. The average molecular weight is 220 g/mol. The first-order valence-corrected chi connectivity index (χ1v) is 4.52. The van der Waals surface area contributed by atoms with Gasteiger partial charge >= 0.3 is 0 Å². The van der Waals surface area contributed by atoms with E-state index >= 15 is 0 Å². The largest absolute Gasteiger partial charge is 0.377 e. The van der Waals surface area contributed by atoms with Gasteiger partial charge in [0.15, 0.2) is 0 Å². The molecular formula is C10H15Cl2N. The fourth-order valence-corrected chi connectivity index (χ4v) is 1.63. The first-order chi connectivity index (χ1) is 5.66. The topological polar surface area (TPSA) is 3.24 Å². The molecule has 0 heterocycles. The van der Waals surface area contributed by atoms with E-state index in [4.69, 9.17) is 11.6 Å². The summed E-state index contributed by atoms with van der Waals surface area (Å²) in [5.41, 5.74) is 3.70. The molecule has 0 bridgehead atoms. The van der Waals surface area contributed by atoms with Crippen molar-refractivity contribution in [2.75, 3.05) is 19.0 Å². The highest BCUT2D eigenvalue weighted by molar-refractivity contribution is 6.17. The molecule has 0 saturated heterocycles. The summed E-state index contributed by atoms with van der Waals surface area (Å²) in [7, 11) is 4.07. The second-order valence-corrected chi connectivity index (χ2v) is 3.37. The van der Waals surface area contributed by atoms with E-state index < -0.39 is 0 Å². The predicted octanol–water partition coefficient (Wildman–Crippen LogP) is 3.22. The maximum absolute atomic E-state index is 5.85. The highest BCUT2D eigenvalue weighted by atomic mass is 35.5. The van der Waals surface area contributed by atoms with E-state index in [1.807, 2.05) is 14.1 Å². The highest BCUT2D eigenvalue weighted by Gasteiger charge is 2.04. The van der Waals surface area contributed by atoms with Gasteiger partial charge in [-0.3, -0.25) is 0 Å². The molecule has 0 aliphatic heterocycles. The molecule has 74 valence electrons. The Morgan fingerprint density at radius 2 is 1.92 bits per heavy atom. The molecule has 1 nitrogen and oxygen atoms in total. The number of anilines is 1. The Bertz CT molecular complexity index is 272. The van der Waals surface area contributed by atoms with E-state index in [-0.39, 0.29) is 12.4 Å². The lowest BCUT2D eigenvalue weighted by molar-refractivity contribution is 1.10. The summed E-state index contributed by atoms with van der Waals surface area (Å²) in [5, 5.41) is 0. The van der Waals surface area contributed by atoms with Gasteiger partial charge in [0.2, 0.25) is 0 Å². The third-order valence-corrected chi connectivity index (χ3v) is 2.27. The van der Waals surface area contributed by atoms with Gasteiger partial charge in [-0.2, -0.15) is 0 Å². The van der Waals surface area contributed by atoms with Crippen molar-refractivity contribution < 1.29 is 0 Å². The number of benzene rings is 1. The lowest BCUT2D eigenvalue weighted by Gasteiger charge is -2.17. The zero-order valence-electron chi connectivity index (χ0n) is 8.17. The van der Waals surface area contributed by atoms with Crippen LogP contribution in [0.25, 0.3) is 0 Å². The lowest BCUT2D eigenvalue weighted by atomic mass is 10.1. The van der Waals surface area contributed by atoms with E-state index in [0.717, 1.165) is 0 Å². The molecule has 0 aliphatic carbocycles. The molecule has 0 unspecified atom stereocenters. The minimum absolute atomic E-state index is 0. The maximum Gasteiger partial charge on any atom is 0.0497 e. The summed E-state index contributed by atoms with van der Waals surface area (Å²) >= 11 is 5.85. The van der Waals surface area contributed by atoms with E-state index in [2.05, 4.69) is 30.0 Å². The van der Waals surface area contributed by atoms with E-state index in [0.29, 0.717) is 5.88 Å². The van der Waals surface area contributed by atoms with Crippen molar-refractivity contribution in [2.45, 2.75) is 12.8 Å². The molecule has 0 saturated carbocycles. The quantitative estimate of drug-likeness (QED) is 0.691. The van der Waals surface area contributed by atoms with Gasteiger partial charge in [0.25, 0.3) is 0 Å². The van der Waals surface area contributed by atoms with Crippen molar-refractivity contribution in [3.63, 3.8) is 0 Å². The van der Waals surface area contributed by atoms with Crippen molar-refractivity contribution in [2.24, 2.45) is 0 Å². The summed E-state index contributed by atoms with van der Waals surface area (Å²) in [4.78, 5) is 2.09. The Hall–Kier alpha value is -0.400. The fourth-order valence-electron chi connectivity index (χ4n) is 1.28. The van der Waals surface area contributed by atoms with Gasteiger partial charge in [-0.1, -0.05) is 12.1 Å². The van der Waals surface area contributed by atoms with Crippen LogP contribution in [0.15, 0.2) is 18.2 Å². The SMILES string of the molecule is Cc1cccc(N(C)C)c1CCl.Cl. The summed E-state index contributed by atoms with van der Waals surface area (Å²) in [6, 6.07) is 6.23. The normalized spacial score (nSPS) is 9.23. The van der Waals surface area contributed by atoms with Crippen LogP contribution in [0.1, 0.15) is 11.1 Å². The molecule has 0 radical (unpaired) electrons. The Labute approximate surface area is 91.1 Å². The zero-order valence-corrected chi connectivity index (χ0v) is 9.75. The second kappa shape index (κ2) is 5.36. The van der Waals surface area contributed by atoms with E-state index in [9.17, 15) is 0 Å². The number of hydrogen-bond donors (Lipinski definition) is 0. The minimum Gasteiger partial charge on any atom is -0.377 e. The van der Waals surface area contributed by atoms with Gasteiger partial charge in [0, 0.05) is 25.7 Å². The van der Waals surface area contributed by atoms with Gasteiger partial charge < -0.3 is 4.90 Å². The van der Waals surface area contributed by atoms with Crippen LogP contribution in [0, 0.1) is 6.92 Å². The number of rotatable bonds is 2. The summed E-state index contributed by atoms with van der Waals surface area (Å²) in [6.07, 6.45) is 0. The van der Waals surface area contributed by atoms with Gasteiger partial charge in [-0.25, -0.2) is 0 Å². The van der Waals surface area contributed by atoms with Crippen LogP contribution in [0.4, 0.5) is 5.69 Å². The predicted molar refractivity (Wildman–Crippen MR) is 62.3 cm³/mol. The molecule has 0 aromatic heterocycles. The molecule has 0 atom stereocenters. The summed E-state index contributed by atoms with van der Waals surface area (Å²) < 4.78 is 0. The van der Waals surface area contributed by atoms with E-state index in [1.54, 1.807) is 0 Å². The van der Waals surface area contributed by atoms with Crippen molar-refractivity contribution in [1.82, 2.24) is 0 Å². The minimum atomic E-state index is 0. The molecule has 1 rings (SSSR count). The fraction of sp³-hybridized carbons (Fsp3) is 0.400. The lowest BCUT2D eigenvalue weighted by Crippen LogP contribution is -2.11. The van der Waals surface area contributed by atoms with Gasteiger partial charge in [-0.05, 0) is 24.1 Å². The van der Waals surface area contributed by atoms with Crippen molar-refractivity contribution in [1.29, 1.82) is 0 Å². The van der Waals surface area contributed by atoms with Crippen LogP contribution < -0.4 is 4.90 Å². The van der Waals surface area contributed by atoms with Crippen LogP contribution in [-0.2, 0) is 5.88 Å². The molecule has 1 aromatic rings. The Balaban J connectivity index is 0.00000144. The number of halogens is 2. The Kier molecular flexibility index (Phi) is 5.19. The first kappa shape index (κ1) is 12.6. The van der Waals surface area contributed by atoms with Crippen molar-refractivity contribution >= 4 is 29.7 Å². The molecule has 0 amide bonds. The highest BCUT2D eigenvalue weighted by Crippen LogP contribution is 2.23. The Morgan fingerprint density at radius 1 is 1.31 bits per heavy atom. The molecular weight excluding hydrogens is 205 g/mol. The van der Waals surface area contributed by atoms with Gasteiger partial charge in [0.05, 0.1) is 0 Å². The Morgan fingerprint density at radius 3 is 2.31 bits per heavy atom. The second-order valence-electron chi connectivity index (χ2n) is 3.10. The maximum atomic E-state index is 5.85. The van der Waals surface area contributed by atoms with Crippen LogP contribution >= 0.6 is 24.0 Å². The van der Waals surface area contributed by atoms with Crippen molar-refractivity contribution in [3.8, 4) is 0 Å². The van der Waals surface area contributed by atoms with Gasteiger partial charge in [-0.15, -0.1) is 24.0 Å². The molecule has 0 aliphatic rings. The number of nitrogens with zero attached hydrogens (tertiary/aromatic N) is 1. The zero-order chi connectivity index (χ0) is 9.14. The van der Waals surface area contributed by atoms with Crippen LogP contribution in [0.3, 0.4) is 0 Å². The third kappa shape index (κ3) is 2.78. The molecule has 0 N–H and O–H groups in total. The number of hydrogen-bond acceptors (Lipinski definition) is 1. The van der Waals surface area contributed by atoms with Gasteiger partial charge in [0.1, 0.15) is 0 Å². The van der Waals surface area contributed by atoms with Crippen LogP contribution in [0.5, 0.6) is 0 Å². The average Bonchev–Trinajstić information content (AvgIpc) is 2.03. The summed E-state index contributed by atoms with van der Waals surface area (Å²) in [5.74, 6) is 0.584. The molecule has 1 aromatic carbocycles. The monoisotopic (exact) mass is 219 g/mol. The standard InChI is InChI=1S/C10H14ClN.ClH/c1-8-5-4-6-10(12(2)3)9(8)7-11;/h4-6H,7H2,1-3H3;1H. The summed E-state index contributed by atoms with van der Waals surface area (Å²) in [6.45, 7) is 2.09. The molecule has 13 heavy (non-hydrogen) atoms. The molecule has 3 heteroatoms. The first-order valence-electron chi connectivity index (χ1n) is 3.98. The molecule has 0 spiro atoms. The third-order valence-electron chi connectivity index (χ3n) is 2.00. The van der Waals surface area contributed by atoms with Crippen LogP contribution in [-0.4, -0.2) is 14.1 Å². The van der Waals surface area contributed by atoms with Crippen LogP contribution in [0.2, 0.25) is 0 Å². The van der Waals surface area contributed by atoms with E-state index in [1.165, 1.54) is 16.8 Å². The van der Waals surface area contributed by atoms with Crippen molar-refractivity contribution in [3.05, 3.63) is 29.3 Å².